The lowest BCUT2D eigenvalue weighted by molar-refractivity contribution is 0.383. The minimum atomic E-state index is 0.485. The Kier molecular flexibility index (Phi) is 4.22. The van der Waals surface area contributed by atoms with Crippen molar-refractivity contribution in [3.8, 4) is 0 Å². The molecule has 1 aromatic carbocycles. The fraction of sp³-hybridized carbons (Fsp3) is 0.533. The third-order valence-electron chi connectivity index (χ3n) is 3.47. The summed E-state index contributed by atoms with van der Waals surface area (Å²) in [6.07, 6.45) is 0. The van der Waals surface area contributed by atoms with E-state index in [0.717, 1.165) is 24.4 Å². The molecular weight excluding hydrogens is 236 g/mol. The lowest BCUT2D eigenvalue weighted by atomic mass is 10.0. The van der Waals surface area contributed by atoms with Crippen molar-refractivity contribution in [2.45, 2.75) is 32.9 Å². The van der Waals surface area contributed by atoms with Gasteiger partial charge in [-0.2, -0.15) is 0 Å². The molecule has 0 saturated carbocycles. The lowest BCUT2D eigenvalue weighted by Crippen LogP contribution is -2.20. The first-order valence-electron chi connectivity index (χ1n) is 6.86. The summed E-state index contributed by atoms with van der Waals surface area (Å²) in [4.78, 5) is 6.85. The molecule has 104 valence electrons. The van der Waals surface area contributed by atoms with Gasteiger partial charge >= 0.3 is 0 Å². The van der Waals surface area contributed by atoms with E-state index >= 15 is 0 Å². The van der Waals surface area contributed by atoms with Gasteiger partial charge in [0.1, 0.15) is 5.82 Å². The highest BCUT2D eigenvalue weighted by Crippen LogP contribution is 2.22. The number of fused-ring (bicyclic) bond motifs is 1. The molecule has 0 aliphatic carbocycles. The van der Waals surface area contributed by atoms with E-state index in [4.69, 9.17) is 5.73 Å². The molecule has 0 unspecified atom stereocenters. The molecule has 0 saturated heterocycles. The van der Waals surface area contributed by atoms with Gasteiger partial charge in [-0.15, -0.1) is 0 Å². The topological polar surface area (TPSA) is 47.1 Å². The van der Waals surface area contributed by atoms with Gasteiger partial charge in [0.2, 0.25) is 0 Å². The first-order chi connectivity index (χ1) is 9.02. The average Bonchev–Trinajstić information content (AvgIpc) is 2.72. The van der Waals surface area contributed by atoms with Crippen LogP contribution in [0.2, 0.25) is 0 Å². The molecule has 0 atom stereocenters. The molecule has 2 aromatic rings. The number of rotatable bonds is 5. The maximum atomic E-state index is 5.82. The van der Waals surface area contributed by atoms with Gasteiger partial charge < -0.3 is 15.2 Å². The number of imidazole rings is 1. The predicted octanol–water partition coefficient (Wildman–Crippen LogP) is 2.18. The third kappa shape index (κ3) is 2.96. The molecule has 0 spiro atoms. The molecule has 1 heterocycles. The van der Waals surface area contributed by atoms with Crippen molar-refractivity contribution >= 4 is 11.0 Å². The van der Waals surface area contributed by atoms with Crippen LogP contribution in [0.25, 0.3) is 11.0 Å². The molecule has 0 amide bonds. The summed E-state index contributed by atoms with van der Waals surface area (Å²) in [7, 11) is 4.16. The van der Waals surface area contributed by atoms with E-state index in [9.17, 15) is 0 Å². The maximum Gasteiger partial charge on any atom is 0.123 e. The molecular formula is C15H24N4. The zero-order valence-corrected chi connectivity index (χ0v) is 12.3. The maximum absolute atomic E-state index is 5.82. The van der Waals surface area contributed by atoms with Gasteiger partial charge in [0.15, 0.2) is 0 Å². The minimum Gasteiger partial charge on any atom is -0.326 e. The van der Waals surface area contributed by atoms with Crippen LogP contribution in [0.3, 0.4) is 0 Å². The Hall–Kier alpha value is -1.39. The molecule has 1 aromatic heterocycles. The van der Waals surface area contributed by atoms with Gasteiger partial charge in [-0.25, -0.2) is 4.98 Å². The highest BCUT2D eigenvalue weighted by molar-refractivity contribution is 5.77. The number of aromatic nitrogens is 2. The zero-order chi connectivity index (χ0) is 14.0. The van der Waals surface area contributed by atoms with Crippen molar-refractivity contribution < 1.29 is 0 Å². The summed E-state index contributed by atoms with van der Waals surface area (Å²) in [6.45, 7) is 6.81. The summed E-state index contributed by atoms with van der Waals surface area (Å²) in [5.74, 6) is 1.50. The molecule has 0 radical (unpaired) electrons. The van der Waals surface area contributed by atoms with E-state index in [1.807, 2.05) is 0 Å². The first-order valence-corrected chi connectivity index (χ1v) is 6.86. The van der Waals surface area contributed by atoms with Gasteiger partial charge in [-0.3, -0.25) is 0 Å². The number of nitrogens with zero attached hydrogens (tertiary/aromatic N) is 3. The number of benzene rings is 1. The third-order valence-corrected chi connectivity index (χ3v) is 3.47. The Morgan fingerprint density at radius 3 is 2.63 bits per heavy atom. The normalized spacial score (nSPS) is 11.9. The second-order valence-corrected chi connectivity index (χ2v) is 5.59. The van der Waals surface area contributed by atoms with Crippen molar-refractivity contribution in [3.05, 3.63) is 29.6 Å². The molecule has 19 heavy (non-hydrogen) atoms. The first kappa shape index (κ1) is 14.0. The van der Waals surface area contributed by atoms with Crippen LogP contribution in [0.5, 0.6) is 0 Å². The predicted molar refractivity (Wildman–Crippen MR) is 80.3 cm³/mol. The summed E-state index contributed by atoms with van der Waals surface area (Å²) in [5, 5.41) is 0. The van der Waals surface area contributed by atoms with Gasteiger partial charge in [0, 0.05) is 13.1 Å². The quantitative estimate of drug-likeness (QED) is 0.896. The Bertz CT molecular complexity index is 555. The molecule has 4 nitrogen and oxygen atoms in total. The van der Waals surface area contributed by atoms with Crippen LogP contribution in [0.4, 0.5) is 0 Å². The smallest absolute Gasteiger partial charge is 0.123 e. The number of nitrogens with two attached hydrogens (primary N) is 1. The van der Waals surface area contributed by atoms with Crippen LogP contribution in [-0.2, 0) is 13.1 Å². The molecule has 2 N–H and O–H groups in total. The molecule has 0 aliphatic heterocycles. The summed E-state index contributed by atoms with van der Waals surface area (Å²) in [5.41, 5.74) is 9.40. The van der Waals surface area contributed by atoms with E-state index in [1.54, 1.807) is 0 Å². The van der Waals surface area contributed by atoms with Crippen molar-refractivity contribution in [2.75, 3.05) is 20.6 Å². The molecule has 0 aliphatic rings. The Balaban J connectivity index is 2.43. The van der Waals surface area contributed by atoms with Gasteiger partial charge in [-0.05, 0) is 37.7 Å². The van der Waals surface area contributed by atoms with E-state index in [2.05, 4.69) is 60.6 Å². The Labute approximate surface area is 115 Å². The molecule has 0 bridgehead atoms. The fourth-order valence-corrected chi connectivity index (χ4v) is 2.26. The van der Waals surface area contributed by atoms with Gasteiger partial charge in [-0.1, -0.05) is 19.9 Å². The summed E-state index contributed by atoms with van der Waals surface area (Å²) >= 11 is 0. The van der Waals surface area contributed by atoms with Crippen molar-refractivity contribution in [3.63, 3.8) is 0 Å². The van der Waals surface area contributed by atoms with E-state index in [1.165, 1.54) is 11.1 Å². The van der Waals surface area contributed by atoms with Crippen LogP contribution in [0, 0.1) is 0 Å². The SMILES string of the molecule is CC(C)c1ccc2c(c1)nc(CN)n2CCN(C)C. The molecule has 4 heteroatoms. The Morgan fingerprint density at radius 2 is 2.05 bits per heavy atom. The fourth-order valence-electron chi connectivity index (χ4n) is 2.26. The lowest BCUT2D eigenvalue weighted by Gasteiger charge is -2.13. The summed E-state index contributed by atoms with van der Waals surface area (Å²) in [6, 6.07) is 6.55. The van der Waals surface area contributed by atoms with Crippen LogP contribution >= 0.6 is 0 Å². The van der Waals surface area contributed by atoms with Crippen molar-refractivity contribution in [2.24, 2.45) is 5.73 Å². The highest BCUT2D eigenvalue weighted by Gasteiger charge is 2.11. The molecule has 2 rings (SSSR count). The van der Waals surface area contributed by atoms with Crippen molar-refractivity contribution in [1.82, 2.24) is 14.5 Å². The Morgan fingerprint density at radius 1 is 1.32 bits per heavy atom. The van der Waals surface area contributed by atoms with Gasteiger partial charge in [0.25, 0.3) is 0 Å². The zero-order valence-electron chi connectivity index (χ0n) is 12.3. The standard InChI is InChI=1S/C15H24N4/c1-11(2)12-5-6-14-13(9-12)17-15(10-16)19(14)8-7-18(3)4/h5-6,9,11H,7-8,10,16H2,1-4H3. The summed E-state index contributed by atoms with van der Waals surface area (Å²) < 4.78 is 2.24. The van der Waals surface area contributed by atoms with Crippen LogP contribution in [-0.4, -0.2) is 35.1 Å². The molecule has 0 fully saturated rings. The largest absolute Gasteiger partial charge is 0.326 e. The van der Waals surface area contributed by atoms with Crippen LogP contribution < -0.4 is 5.73 Å². The minimum absolute atomic E-state index is 0.485. The van der Waals surface area contributed by atoms with Crippen LogP contribution in [0.1, 0.15) is 31.2 Å². The van der Waals surface area contributed by atoms with E-state index < -0.39 is 0 Å². The van der Waals surface area contributed by atoms with E-state index in [0.29, 0.717) is 12.5 Å². The monoisotopic (exact) mass is 260 g/mol. The van der Waals surface area contributed by atoms with E-state index in [-0.39, 0.29) is 0 Å². The highest BCUT2D eigenvalue weighted by atomic mass is 15.1. The average molecular weight is 260 g/mol. The second-order valence-electron chi connectivity index (χ2n) is 5.59. The number of likely N-dealkylation sites (N-methyl/N-ethyl adjacent to an activating group) is 1. The number of hydrogen-bond donors (Lipinski definition) is 1. The van der Waals surface area contributed by atoms with Crippen LogP contribution in [0.15, 0.2) is 18.2 Å². The van der Waals surface area contributed by atoms with Crippen molar-refractivity contribution in [1.29, 1.82) is 0 Å². The van der Waals surface area contributed by atoms with Gasteiger partial charge in [0.05, 0.1) is 17.6 Å². The number of hydrogen-bond acceptors (Lipinski definition) is 3. The second kappa shape index (κ2) is 5.72.